The van der Waals surface area contributed by atoms with Crippen molar-refractivity contribution in [3.05, 3.63) is 48.6 Å². The standard InChI is InChI=1S/C51H95NO4/c1-3-5-7-9-11-13-15-16-17-18-19-20-21-22-23-24-25-26-27-28-29-30-31-32-33-34-35-36-38-40-42-44-48(54)46-51(56)52-49(47-53)50(55)45-43-41-39-37-14-12-10-8-6-4-2/h6,8,14,22-23,37,43,45,48-50,53-55H,3-5,7,9-13,15-21,24-36,38-42,44,46-47H2,1-2H3,(H,52,56)/b8-6+,23-22-,37-14+,45-43+. The first-order valence-corrected chi connectivity index (χ1v) is 24.4. The molecule has 5 nitrogen and oxygen atoms in total. The van der Waals surface area contributed by atoms with Gasteiger partial charge in [-0.25, -0.2) is 0 Å². The van der Waals surface area contributed by atoms with Crippen LogP contribution in [0.1, 0.15) is 245 Å². The summed E-state index contributed by atoms with van der Waals surface area (Å²) in [6.45, 7) is 4.08. The Kier molecular flexibility index (Phi) is 44.6. The Morgan fingerprint density at radius 2 is 0.821 bits per heavy atom. The second-order valence-electron chi connectivity index (χ2n) is 16.7. The lowest BCUT2D eigenvalue weighted by molar-refractivity contribution is -0.124. The predicted molar refractivity (Wildman–Crippen MR) is 245 cm³/mol. The lowest BCUT2D eigenvalue weighted by Crippen LogP contribution is -2.45. The fraction of sp³-hybridized carbons (Fsp3) is 0.824. The molecule has 0 heterocycles. The first kappa shape index (κ1) is 54.3. The summed E-state index contributed by atoms with van der Waals surface area (Å²) in [6.07, 6.45) is 60.2. The van der Waals surface area contributed by atoms with Gasteiger partial charge in [0, 0.05) is 0 Å². The highest BCUT2D eigenvalue weighted by atomic mass is 16.3. The van der Waals surface area contributed by atoms with E-state index in [1.54, 1.807) is 6.08 Å². The molecule has 0 radical (unpaired) electrons. The van der Waals surface area contributed by atoms with E-state index in [0.717, 1.165) is 44.9 Å². The molecule has 0 bridgehead atoms. The maximum Gasteiger partial charge on any atom is 0.222 e. The number of unbranched alkanes of at least 4 members (excludes halogenated alkanes) is 29. The molecular weight excluding hydrogens is 691 g/mol. The minimum atomic E-state index is -0.958. The third-order valence-corrected chi connectivity index (χ3v) is 11.1. The van der Waals surface area contributed by atoms with Gasteiger partial charge in [-0.1, -0.05) is 223 Å². The minimum Gasteiger partial charge on any atom is -0.394 e. The number of carbonyl (C=O) groups excluding carboxylic acids is 1. The van der Waals surface area contributed by atoms with Gasteiger partial charge in [-0.05, 0) is 64.2 Å². The number of nitrogens with one attached hydrogen (secondary N) is 1. The average molecular weight is 786 g/mol. The summed E-state index contributed by atoms with van der Waals surface area (Å²) >= 11 is 0. The van der Waals surface area contributed by atoms with Crippen LogP contribution in [0.4, 0.5) is 0 Å². The van der Waals surface area contributed by atoms with Gasteiger partial charge in [0.1, 0.15) is 0 Å². The lowest BCUT2D eigenvalue weighted by atomic mass is 10.0. The Balaban J connectivity index is 3.51. The van der Waals surface area contributed by atoms with Gasteiger partial charge in [-0.15, -0.1) is 0 Å². The van der Waals surface area contributed by atoms with E-state index in [2.05, 4.69) is 55.6 Å². The van der Waals surface area contributed by atoms with Crippen molar-refractivity contribution in [2.75, 3.05) is 6.61 Å². The monoisotopic (exact) mass is 786 g/mol. The molecule has 0 aromatic rings. The summed E-state index contributed by atoms with van der Waals surface area (Å²) in [5, 5.41) is 33.1. The number of hydrogen-bond donors (Lipinski definition) is 4. The second kappa shape index (κ2) is 46.0. The quantitative estimate of drug-likeness (QED) is 0.0366. The van der Waals surface area contributed by atoms with Crippen molar-refractivity contribution in [2.45, 2.75) is 263 Å². The molecule has 0 spiro atoms. The molecule has 3 atom stereocenters. The molecule has 0 aliphatic rings. The van der Waals surface area contributed by atoms with Crippen molar-refractivity contribution in [3.8, 4) is 0 Å². The molecule has 5 heteroatoms. The van der Waals surface area contributed by atoms with Crippen LogP contribution in [0.2, 0.25) is 0 Å². The Morgan fingerprint density at radius 3 is 1.23 bits per heavy atom. The number of amides is 1. The van der Waals surface area contributed by atoms with E-state index in [0.29, 0.717) is 6.42 Å². The Morgan fingerprint density at radius 1 is 0.464 bits per heavy atom. The van der Waals surface area contributed by atoms with Crippen LogP contribution < -0.4 is 5.32 Å². The van der Waals surface area contributed by atoms with Crippen LogP contribution in [0.3, 0.4) is 0 Å². The number of rotatable bonds is 44. The number of aliphatic hydroxyl groups excluding tert-OH is 3. The van der Waals surface area contributed by atoms with Gasteiger partial charge in [0.25, 0.3) is 0 Å². The Hall–Kier alpha value is -1.69. The maximum atomic E-state index is 12.4. The number of allylic oxidation sites excluding steroid dienone is 7. The fourth-order valence-electron chi connectivity index (χ4n) is 7.37. The third-order valence-electron chi connectivity index (χ3n) is 11.1. The highest BCUT2D eigenvalue weighted by molar-refractivity contribution is 5.76. The van der Waals surface area contributed by atoms with E-state index in [-0.39, 0.29) is 18.9 Å². The van der Waals surface area contributed by atoms with Crippen molar-refractivity contribution in [2.24, 2.45) is 0 Å². The molecule has 0 fully saturated rings. The predicted octanol–water partition coefficient (Wildman–Crippen LogP) is 14.5. The van der Waals surface area contributed by atoms with Gasteiger partial charge in [0.05, 0.1) is 31.3 Å². The Bertz CT molecular complexity index is 912. The zero-order chi connectivity index (χ0) is 40.8. The smallest absolute Gasteiger partial charge is 0.222 e. The zero-order valence-electron chi connectivity index (χ0n) is 37.3. The highest BCUT2D eigenvalue weighted by Crippen LogP contribution is 2.16. The second-order valence-corrected chi connectivity index (χ2v) is 16.7. The van der Waals surface area contributed by atoms with Gasteiger partial charge >= 0.3 is 0 Å². The topological polar surface area (TPSA) is 89.8 Å². The summed E-state index contributed by atoms with van der Waals surface area (Å²) in [5.74, 6) is -0.331. The van der Waals surface area contributed by atoms with E-state index in [9.17, 15) is 20.1 Å². The van der Waals surface area contributed by atoms with Crippen molar-refractivity contribution in [3.63, 3.8) is 0 Å². The van der Waals surface area contributed by atoms with Gasteiger partial charge in [0.15, 0.2) is 0 Å². The maximum absolute atomic E-state index is 12.4. The van der Waals surface area contributed by atoms with Gasteiger partial charge in [0.2, 0.25) is 5.91 Å². The SMILES string of the molecule is CC/C=C/CC/C=C/CC/C=C/C(O)C(CO)NC(=O)CC(O)CCCCCCCCCCCCCCCCC/C=C\CCCCCCCCCCCCCC. The fourth-order valence-corrected chi connectivity index (χ4v) is 7.37. The van der Waals surface area contributed by atoms with Crippen LogP contribution in [0, 0.1) is 0 Å². The van der Waals surface area contributed by atoms with E-state index < -0.39 is 18.2 Å². The van der Waals surface area contributed by atoms with Crippen molar-refractivity contribution in [1.29, 1.82) is 0 Å². The average Bonchev–Trinajstić information content (AvgIpc) is 3.19. The highest BCUT2D eigenvalue weighted by Gasteiger charge is 2.20. The number of aliphatic hydroxyl groups is 3. The molecule has 0 aromatic carbocycles. The number of hydrogen-bond acceptors (Lipinski definition) is 4. The van der Waals surface area contributed by atoms with Crippen LogP contribution in [-0.4, -0.2) is 46.1 Å². The molecule has 0 saturated carbocycles. The molecule has 1 amide bonds. The summed E-state index contributed by atoms with van der Waals surface area (Å²) < 4.78 is 0. The minimum absolute atomic E-state index is 0.00234. The van der Waals surface area contributed by atoms with Crippen molar-refractivity contribution in [1.82, 2.24) is 5.32 Å². The molecule has 4 N–H and O–H groups in total. The molecule has 0 rings (SSSR count). The summed E-state index contributed by atoms with van der Waals surface area (Å²) in [4.78, 5) is 12.4. The summed E-state index contributed by atoms with van der Waals surface area (Å²) in [6, 6.07) is -0.766. The van der Waals surface area contributed by atoms with Crippen molar-refractivity contribution >= 4 is 5.91 Å². The molecule has 0 aromatic heterocycles. The van der Waals surface area contributed by atoms with Crippen molar-refractivity contribution < 1.29 is 20.1 Å². The summed E-state index contributed by atoms with van der Waals surface area (Å²) in [7, 11) is 0. The molecule has 56 heavy (non-hydrogen) atoms. The molecule has 0 aliphatic heterocycles. The Labute approximate surface area is 348 Å². The van der Waals surface area contributed by atoms with Gasteiger partial charge < -0.3 is 20.6 Å². The first-order valence-electron chi connectivity index (χ1n) is 24.4. The normalized spacial score (nSPS) is 13.9. The van der Waals surface area contributed by atoms with E-state index in [1.165, 1.54) is 173 Å². The molecule has 0 aliphatic carbocycles. The van der Waals surface area contributed by atoms with Crippen LogP contribution in [0.5, 0.6) is 0 Å². The van der Waals surface area contributed by atoms with Crippen LogP contribution in [-0.2, 0) is 4.79 Å². The summed E-state index contributed by atoms with van der Waals surface area (Å²) in [5.41, 5.74) is 0. The zero-order valence-corrected chi connectivity index (χ0v) is 37.3. The van der Waals surface area contributed by atoms with E-state index in [1.807, 2.05) is 6.08 Å². The van der Waals surface area contributed by atoms with E-state index >= 15 is 0 Å². The van der Waals surface area contributed by atoms with Gasteiger partial charge in [-0.3, -0.25) is 4.79 Å². The molecule has 3 unspecified atom stereocenters. The number of carbonyl (C=O) groups is 1. The first-order chi connectivity index (χ1) is 27.5. The van der Waals surface area contributed by atoms with Gasteiger partial charge in [-0.2, -0.15) is 0 Å². The van der Waals surface area contributed by atoms with Crippen LogP contribution in [0.15, 0.2) is 48.6 Å². The van der Waals surface area contributed by atoms with Crippen LogP contribution >= 0.6 is 0 Å². The van der Waals surface area contributed by atoms with Crippen LogP contribution in [0.25, 0.3) is 0 Å². The van der Waals surface area contributed by atoms with E-state index in [4.69, 9.17) is 0 Å². The largest absolute Gasteiger partial charge is 0.394 e. The lowest BCUT2D eigenvalue weighted by Gasteiger charge is -2.21. The molecule has 0 saturated heterocycles. The molecular formula is C51H95NO4. The molecule has 328 valence electrons. The third kappa shape index (κ3) is 41.9.